The molecule has 2 aliphatic rings. The van der Waals surface area contributed by atoms with Crippen molar-refractivity contribution >= 4 is 44.8 Å². The van der Waals surface area contributed by atoms with Crippen molar-refractivity contribution in [3.05, 3.63) is 33.8 Å². The number of carbonyl (C=O) groups excluding carboxylic acids is 1. The lowest BCUT2D eigenvalue weighted by Crippen LogP contribution is -2.35. The van der Waals surface area contributed by atoms with Crippen molar-refractivity contribution in [3.63, 3.8) is 0 Å². The van der Waals surface area contributed by atoms with Gasteiger partial charge in [0.1, 0.15) is 16.6 Å². The molecule has 0 N–H and O–H groups in total. The number of piperidine rings is 1. The normalized spacial score (nSPS) is 18.0. The van der Waals surface area contributed by atoms with Crippen LogP contribution in [0.5, 0.6) is 0 Å². The first-order valence-corrected chi connectivity index (χ1v) is 12.6. The first-order chi connectivity index (χ1) is 14.5. The van der Waals surface area contributed by atoms with Gasteiger partial charge in [-0.25, -0.2) is 13.2 Å². The van der Waals surface area contributed by atoms with E-state index in [1.165, 1.54) is 10.4 Å². The molecule has 0 amide bonds. The van der Waals surface area contributed by atoms with Crippen LogP contribution in [-0.4, -0.2) is 54.5 Å². The van der Waals surface area contributed by atoms with Crippen LogP contribution in [0.2, 0.25) is 4.34 Å². The summed E-state index contributed by atoms with van der Waals surface area (Å²) < 4.78 is 37.2. The van der Waals surface area contributed by atoms with Crippen LogP contribution in [0.3, 0.4) is 0 Å². The highest BCUT2D eigenvalue weighted by atomic mass is 35.5. The second kappa shape index (κ2) is 9.17. The molecule has 0 atom stereocenters. The zero-order chi connectivity index (χ0) is 21.1. The number of sulfonamides is 1. The molecular formula is C19H23ClN4O4S2. The standard InChI is InChI=1S/C19H23ClN4O4S2/c20-18-16(21-22-29-18)13-28-19(25)15-12-14(6-7-17(15)23-8-4-5-9-23)30(26,27)24-10-2-1-3-11-24/h6-7,12H,1-5,8-11,13H2. The third-order valence-electron chi connectivity index (χ3n) is 5.44. The van der Waals surface area contributed by atoms with Crippen LogP contribution in [0.25, 0.3) is 0 Å². The lowest BCUT2D eigenvalue weighted by Gasteiger charge is -2.27. The minimum atomic E-state index is -3.66. The molecule has 11 heteroatoms. The van der Waals surface area contributed by atoms with Gasteiger partial charge in [0.2, 0.25) is 10.0 Å². The Kier molecular flexibility index (Phi) is 6.57. The number of ether oxygens (including phenoxy) is 1. The van der Waals surface area contributed by atoms with Crippen molar-refractivity contribution < 1.29 is 17.9 Å². The van der Waals surface area contributed by atoms with E-state index in [0.29, 0.717) is 28.8 Å². The fraction of sp³-hybridized carbons (Fsp3) is 0.526. The number of rotatable bonds is 6. The Bertz CT molecular complexity index is 1020. The molecule has 0 saturated carbocycles. The van der Waals surface area contributed by atoms with Gasteiger partial charge in [-0.2, -0.15) is 4.31 Å². The molecular weight excluding hydrogens is 448 g/mol. The Labute approximate surface area is 185 Å². The Morgan fingerprint density at radius 1 is 1.10 bits per heavy atom. The largest absolute Gasteiger partial charge is 0.455 e. The molecule has 1 aromatic carbocycles. The summed E-state index contributed by atoms with van der Waals surface area (Å²) >= 11 is 7.00. The number of aromatic nitrogens is 2. The quantitative estimate of drug-likeness (QED) is 0.598. The number of carbonyl (C=O) groups is 1. The highest BCUT2D eigenvalue weighted by Crippen LogP contribution is 2.30. The number of hydrogen-bond acceptors (Lipinski definition) is 8. The summed E-state index contributed by atoms with van der Waals surface area (Å²) in [6.45, 7) is 2.54. The molecule has 2 fully saturated rings. The predicted molar refractivity (Wildman–Crippen MR) is 115 cm³/mol. The van der Waals surface area contributed by atoms with Gasteiger partial charge in [-0.3, -0.25) is 0 Å². The molecule has 162 valence electrons. The number of anilines is 1. The topological polar surface area (TPSA) is 92.7 Å². The maximum atomic E-state index is 13.1. The maximum Gasteiger partial charge on any atom is 0.340 e. The maximum absolute atomic E-state index is 13.1. The van der Waals surface area contributed by atoms with Crippen LogP contribution in [0, 0.1) is 0 Å². The molecule has 2 aliphatic heterocycles. The van der Waals surface area contributed by atoms with Crippen molar-refractivity contribution in [1.82, 2.24) is 13.9 Å². The zero-order valence-electron chi connectivity index (χ0n) is 16.4. The van der Waals surface area contributed by atoms with Gasteiger partial charge >= 0.3 is 5.97 Å². The Hall–Kier alpha value is -1.75. The third-order valence-corrected chi connectivity index (χ3v) is 8.32. The number of halogens is 1. The van der Waals surface area contributed by atoms with Gasteiger partial charge in [0.05, 0.1) is 16.1 Å². The van der Waals surface area contributed by atoms with E-state index in [2.05, 4.69) is 14.5 Å². The van der Waals surface area contributed by atoms with Crippen molar-refractivity contribution in [2.45, 2.75) is 43.6 Å². The summed E-state index contributed by atoms with van der Waals surface area (Å²) in [5.74, 6) is -0.600. The Morgan fingerprint density at radius 2 is 1.80 bits per heavy atom. The second-order valence-corrected chi connectivity index (χ2v) is 10.7. The molecule has 8 nitrogen and oxygen atoms in total. The van der Waals surface area contributed by atoms with Gasteiger partial charge in [0.15, 0.2) is 0 Å². The fourth-order valence-corrected chi connectivity index (χ4v) is 5.97. The molecule has 0 unspecified atom stereocenters. The SMILES string of the molecule is O=C(OCc1nnsc1Cl)c1cc(S(=O)(=O)N2CCCCC2)ccc1N1CCCC1. The van der Waals surface area contributed by atoms with Crippen LogP contribution in [0.1, 0.15) is 48.2 Å². The number of nitrogens with zero attached hydrogens (tertiary/aromatic N) is 4. The van der Waals surface area contributed by atoms with E-state index in [4.69, 9.17) is 16.3 Å². The Morgan fingerprint density at radius 3 is 2.47 bits per heavy atom. The van der Waals surface area contributed by atoms with Crippen LogP contribution < -0.4 is 4.90 Å². The van der Waals surface area contributed by atoms with Crippen LogP contribution in [0.15, 0.2) is 23.1 Å². The predicted octanol–water partition coefficient (Wildman–Crippen LogP) is 3.32. The van der Waals surface area contributed by atoms with E-state index >= 15 is 0 Å². The number of benzene rings is 1. The molecule has 0 radical (unpaired) electrons. The van der Waals surface area contributed by atoms with Crippen molar-refractivity contribution in [2.24, 2.45) is 0 Å². The molecule has 0 bridgehead atoms. The number of esters is 1. The molecule has 1 aromatic heterocycles. The van der Waals surface area contributed by atoms with E-state index in [9.17, 15) is 13.2 Å². The highest BCUT2D eigenvalue weighted by Gasteiger charge is 2.29. The first kappa shape index (κ1) is 21.5. The van der Waals surface area contributed by atoms with Crippen molar-refractivity contribution in [3.8, 4) is 0 Å². The minimum absolute atomic E-state index is 0.114. The lowest BCUT2D eigenvalue weighted by atomic mass is 10.1. The molecule has 0 aliphatic carbocycles. The molecule has 30 heavy (non-hydrogen) atoms. The number of hydrogen-bond donors (Lipinski definition) is 0. The summed E-state index contributed by atoms with van der Waals surface area (Å²) in [5.41, 5.74) is 1.32. The van der Waals surface area contributed by atoms with Gasteiger partial charge in [0.25, 0.3) is 0 Å². The molecule has 4 rings (SSSR count). The van der Waals surface area contributed by atoms with Crippen molar-refractivity contribution in [2.75, 3.05) is 31.1 Å². The molecule has 0 spiro atoms. The summed E-state index contributed by atoms with van der Waals surface area (Å²) in [7, 11) is -3.66. The summed E-state index contributed by atoms with van der Waals surface area (Å²) in [6, 6.07) is 4.76. The van der Waals surface area contributed by atoms with Gasteiger partial charge < -0.3 is 9.64 Å². The smallest absolute Gasteiger partial charge is 0.340 e. The monoisotopic (exact) mass is 470 g/mol. The highest BCUT2D eigenvalue weighted by molar-refractivity contribution is 7.89. The summed E-state index contributed by atoms with van der Waals surface area (Å²) in [5, 5.41) is 3.85. The molecule has 3 heterocycles. The Balaban J connectivity index is 1.64. The summed E-state index contributed by atoms with van der Waals surface area (Å²) in [4.78, 5) is 15.1. The second-order valence-electron chi connectivity index (χ2n) is 7.41. The first-order valence-electron chi connectivity index (χ1n) is 10.00. The van der Waals surface area contributed by atoms with E-state index in [1.807, 2.05) is 0 Å². The minimum Gasteiger partial charge on any atom is -0.455 e. The van der Waals surface area contributed by atoms with Gasteiger partial charge in [0, 0.05) is 37.7 Å². The van der Waals surface area contributed by atoms with Crippen LogP contribution in [0.4, 0.5) is 5.69 Å². The fourth-order valence-electron chi connectivity index (χ4n) is 3.82. The van der Waals surface area contributed by atoms with Gasteiger partial charge in [-0.1, -0.05) is 22.5 Å². The average molecular weight is 471 g/mol. The molecule has 2 saturated heterocycles. The van der Waals surface area contributed by atoms with Gasteiger partial charge in [-0.15, -0.1) is 5.10 Å². The average Bonchev–Trinajstić information content (AvgIpc) is 3.44. The zero-order valence-corrected chi connectivity index (χ0v) is 18.8. The van der Waals surface area contributed by atoms with Crippen LogP contribution in [-0.2, 0) is 21.4 Å². The molecule has 2 aromatic rings. The lowest BCUT2D eigenvalue weighted by molar-refractivity contribution is 0.0468. The van der Waals surface area contributed by atoms with E-state index < -0.39 is 16.0 Å². The van der Waals surface area contributed by atoms with E-state index in [-0.39, 0.29) is 17.1 Å². The van der Waals surface area contributed by atoms with E-state index in [1.54, 1.807) is 12.1 Å². The van der Waals surface area contributed by atoms with E-state index in [0.717, 1.165) is 56.7 Å². The van der Waals surface area contributed by atoms with Crippen LogP contribution >= 0.6 is 23.1 Å². The van der Waals surface area contributed by atoms with Crippen molar-refractivity contribution in [1.29, 1.82) is 0 Å². The third kappa shape index (κ3) is 4.46. The summed E-state index contributed by atoms with van der Waals surface area (Å²) in [6.07, 6.45) is 4.79. The van der Waals surface area contributed by atoms with Gasteiger partial charge in [-0.05, 0) is 43.9 Å².